The van der Waals surface area contributed by atoms with Gasteiger partial charge in [-0.3, -0.25) is 0 Å². The maximum atomic E-state index is 10.9. The molecular weight excluding hydrogens is 194 g/mol. The molecule has 0 spiro atoms. The van der Waals surface area contributed by atoms with Crippen LogP contribution in [0, 0.1) is 0 Å². The Morgan fingerprint density at radius 2 is 2.27 bits per heavy atom. The molecule has 76 valence electrons. The molecule has 1 aliphatic rings. The van der Waals surface area contributed by atoms with Crippen molar-refractivity contribution in [1.82, 2.24) is 14.5 Å². The fourth-order valence-corrected chi connectivity index (χ4v) is 1.73. The van der Waals surface area contributed by atoms with Gasteiger partial charge in [0.2, 0.25) is 0 Å². The first-order chi connectivity index (χ1) is 7.27. The lowest BCUT2D eigenvalue weighted by atomic mass is 10.2. The number of nitrogens with zero attached hydrogens (tertiary/aromatic N) is 3. The Morgan fingerprint density at radius 1 is 1.47 bits per heavy atom. The van der Waals surface area contributed by atoms with Crippen LogP contribution in [0.1, 0.15) is 29.2 Å². The third-order valence-corrected chi connectivity index (χ3v) is 2.63. The molecular formula is C10H9N3O2. The lowest BCUT2D eigenvalue weighted by Crippen LogP contribution is -1.99. The molecule has 1 saturated carbocycles. The normalized spacial score (nSPS) is 15.7. The zero-order valence-corrected chi connectivity index (χ0v) is 7.92. The second-order valence-electron chi connectivity index (χ2n) is 3.72. The molecule has 2 heterocycles. The number of hydrogen-bond acceptors (Lipinski definition) is 3. The highest BCUT2D eigenvalue weighted by molar-refractivity contribution is 5.99. The number of carboxylic acids is 1. The lowest BCUT2D eigenvalue weighted by molar-refractivity contribution is 0.0698. The van der Waals surface area contributed by atoms with Gasteiger partial charge in [-0.1, -0.05) is 0 Å². The first kappa shape index (κ1) is 8.40. The molecule has 2 aromatic heterocycles. The Kier molecular flexibility index (Phi) is 1.56. The van der Waals surface area contributed by atoms with Gasteiger partial charge in [0.1, 0.15) is 5.52 Å². The van der Waals surface area contributed by atoms with Crippen LogP contribution in [-0.2, 0) is 0 Å². The van der Waals surface area contributed by atoms with E-state index in [-0.39, 0.29) is 5.56 Å². The summed E-state index contributed by atoms with van der Waals surface area (Å²) >= 11 is 0. The first-order valence-electron chi connectivity index (χ1n) is 4.82. The van der Waals surface area contributed by atoms with Crippen LogP contribution in [0.5, 0.6) is 0 Å². The van der Waals surface area contributed by atoms with Crippen LogP contribution >= 0.6 is 0 Å². The van der Waals surface area contributed by atoms with Crippen molar-refractivity contribution < 1.29 is 9.90 Å². The second-order valence-corrected chi connectivity index (χ2v) is 3.72. The SMILES string of the molecule is O=C(O)c1ccnc2c1ncn2C1CC1. The van der Waals surface area contributed by atoms with Crippen molar-refractivity contribution in [3.63, 3.8) is 0 Å². The molecule has 3 rings (SSSR count). The minimum Gasteiger partial charge on any atom is -0.478 e. The standard InChI is InChI=1S/C10H9N3O2/c14-10(15)7-3-4-11-9-8(7)12-5-13(9)6-1-2-6/h3-6H,1-2H2,(H,14,15). The van der Waals surface area contributed by atoms with E-state index in [2.05, 4.69) is 9.97 Å². The predicted octanol–water partition coefficient (Wildman–Crippen LogP) is 1.46. The summed E-state index contributed by atoms with van der Waals surface area (Å²) in [4.78, 5) is 19.2. The molecule has 5 heteroatoms. The molecule has 0 amide bonds. The van der Waals surface area contributed by atoms with E-state index in [1.165, 1.54) is 12.3 Å². The van der Waals surface area contributed by atoms with E-state index in [4.69, 9.17) is 5.11 Å². The Labute approximate surface area is 85.4 Å². The van der Waals surface area contributed by atoms with Crippen LogP contribution in [0.2, 0.25) is 0 Å². The monoisotopic (exact) mass is 203 g/mol. The Bertz CT molecular complexity index is 543. The number of fused-ring (bicyclic) bond motifs is 1. The topological polar surface area (TPSA) is 68.0 Å². The molecule has 1 aliphatic carbocycles. The van der Waals surface area contributed by atoms with Crippen LogP contribution in [0.4, 0.5) is 0 Å². The van der Waals surface area contributed by atoms with Gasteiger partial charge in [-0.15, -0.1) is 0 Å². The summed E-state index contributed by atoms with van der Waals surface area (Å²) in [7, 11) is 0. The minimum absolute atomic E-state index is 0.222. The number of hydrogen-bond donors (Lipinski definition) is 1. The third kappa shape index (κ3) is 1.20. The zero-order valence-electron chi connectivity index (χ0n) is 7.92. The van der Waals surface area contributed by atoms with Gasteiger partial charge in [0.05, 0.1) is 11.9 Å². The van der Waals surface area contributed by atoms with Crippen LogP contribution in [-0.4, -0.2) is 25.6 Å². The van der Waals surface area contributed by atoms with Crippen molar-refractivity contribution in [2.75, 3.05) is 0 Å². The third-order valence-electron chi connectivity index (χ3n) is 2.63. The van der Waals surface area contributed by atoms with E-state index in [0.29, 0.717) is 17.2 Å². The molecule has 1 N–H and O–H groups in total. The molecule has 15 heavy (non-hydrogen) atoms. The number of pyridine rings is 1. The summed E-state index contributed by atoms with van der Waals surface area (Å²) in [6.07, 6.45) is 5.46. The maximum absolute atomic E-state index is 10.9. The average molecular weight is 203 g/mol. The summed E-state index contributed by atoms with van der Waals surface area (Å²) in [5.74, 6) is -0.955. The zero-order chi connectivity index (χ0) is 10.4. The van der Waals surface area contributed by atoms with Gasteiger partial charge in [-0.05, 0) is 18.9 Å². The van der Waals surface area contributed by atoms with Gasteiger partial charge in [-0.2, -0.15) is 0 Å². The molecule has 0 radical (unpaired) electrons. The molecule has 0 aromatic carbocycles. The fraction of sp³-hybridized carbons (Fsp3) is 0.300. The summed E-state index contributed by atoms with van der Waals surface area (Å²) in [5, 5.41) is 8.97. The van der Waals surface area contributed by atoms with Crippen molar-refractivity contribution in [2.24, 2.45) is 0 Å². The number of aromatic nitrogens is 3. The summed E-state index contributed by atoms with van der Waals surface area (Å²) in [6.45, 7) is 0. The van der Waals surface area contributed by atoms with Crippen LogP contribution in [0.15, 0.2) is 18.6 Å². The Hall–Kier alpha value is -1.91. The van der Waals surface area contributed by atoms with Crippen molar-refractivity contribution in [3.05, 3.63) is 24.2 Å². The molecule has 5 nitrogen and oxygen atoms in total. The smallest absolute Gasteiger partial charge is 0.338 e. The van der Waals surface area contributed by atoms with Crippen LogP contribution < -0.4 is 0 Å². The molecule has 0 saturated heterocycles. The largest absolute Gasteiger partial charge is 0.478 e. The molecule has 0 bridgehead atoms. The molecule has 2 aromatic rings. The number of aromatic carboxylic acids is 1. The van der Waals surface area contributed by atoms with Crippen LogP contribution in [0.25, 0.3) is 11.2 Å². The van der Waals surface area contributed by atoms with Crippen molar-refractivity contribution in [3.8, 4) is 0 Å². The van der Waals surface area contributed by atoms with E-state index >= 15 is 0 Å². The lowest BCUT2D eigenvalue weighted by Gasteiger charge is -1.99. The number of carboxylic acid groups (broad SMARTS) is 1. The van der Waals surface area contributed by atoms with E-state index < -0.39 is 5.97 Å². The van der Waals surface area contributed by atoms with Crippen molar-refractivity contribution >= 4 is 17.1 Å². The number of rotatable bonds is 2. The van der Waals surface area contributed by atoms with Gasteiger partial charge < -0.3 is 9.67 Å². The molecule has 1 fully saturated rings. The minimum atomic E-state index is -0.955. The predicted molar refractivity (Wildman–Crippen MR) is 52.8 cm³/mol. The Balaban J connectivity index is 2.27. The van der Waals surface area contributed by atoms with Crippen molar-refractivity contribution in [1.29, 1.82) is 0 Å². The first-order valence-corrected chi connectivity index (χ1v) is 4.82. The number of carbonyl (C=O) groups is 1. The van der Waals surface area contributed by atoms with E-state index in [9.17, 15) is 4.79 Å². The molecule has 0 atom stereocenters. The molecule has 0 unspecified atom stereocenters. The van der Waals surface area contributed by atoms with Gasteiger partial charge in [0.25, 0.3) is 0 Å². The van der Waals surface area contributed by atoms with E-state index in [1.807, 2.05) is 4.57 Å². The highest BCUT2D eigenvalue weighted by Gasteiger charge is 2.26. The van der Waals surface area contributed by atoms with E-state index in [1.54, 1.807) is 6.33 Å². The summed E-state index contributed by atoms with van der Waals surface area (Å²) in [6, 6.07) is 1.95. The maximum Gasteiger partial charge on any atom is 0.338 e. The summed E-state index contributed by atoms with van der Waals surface area (Å²) in [5.41, 5.74) is 1.38. The number of imidazole rings is 1. The van der Waals surface area contributed by atoms with Crippen LogP contribution in [0.3, 0.4) is 0 Å². The van der Waals surface area contributed by atoms with Gasteiger partial charge in [0, 0.05) is 12.2 Å². The van der Waals surface area contributed by atoms with Gasteiger partial charge in [0.15, 0.2) is 5.65 Å². The average Bonchev–Trinajstić information content (AvgIpc) is 2.97. The molecule has 0 aliphatic heterocycles. The Morgan fingerprint density at radius 3 is 2.93 bits per heavy atom. The van der Waals surface area contributed by atoms with Gasteiger partial charge >= 0.3 is 5.97 Å². The highest BCUT2D eigenvalue weighted by atomic mass is 16.4. The van der Waals surface area contributed by atoms with Gasteiger partial charge in [-0.25, -0.2) is 14.8 Å². The summed E-state index contributed by atoms with van der Waals surface area (Å²) < 4.78 is 1.96. The highest BCUT2D eigenvalue weighted by Crippen LogP contribution is 2.36. The quantitative estimate of drug-likeness (QED) is 0.802. The second kappa shape index (κ2) is 2.79. The van der Waals surface area contributed by atoms with Crippen molar-refractivity contribution in [2.45, 2.75) is 18.9 Å². The van der Waals surface area contributed by atoms with E-state index in [0.717, 1.165) is 12.8 Å². The fourth-order valence-electron chi connectivity index (χ4n) is 1.73.